The number of rotatable bonds is 5. The molecule has 0 saturated carbocycles. The van der Waals surface area contributed by atoms with Crippen LogP contribution in [-0.4, -0.2) is 25.9 Å². The molecule has 1 N–H and O–H groups in total. The number of anilines is 1. The number of fused-ring (bicyclic) bond motifs is 1. The summed E-state index contributed by atoms with van der Waals surface area (Å²) in [7, 11) is 1.56. The lowest BCUT2D eigenvalue weighted by molar-refractivity contribution is -0.122. The van der Waals surface area contributed by atoms with Crippen LogP contribution < -0.4 is 24.3 Å². The van der Waals surface area contributed by atoms with Crippen molar-refractivity contribution in [2.24, 2.45) is 0 Å². The molecule has 0 bridgehead atoms. The third kappa shape index (κ3) is 3.31. The Kier molecular flexibility index (Phi) is 4.23. The van der Waals surface area contributed by atoms with Crippen LogP contribution in [0.2, 0.25) is 0 Å². The van der Waals surface area contributed by atoms with Crippen LogP contribution in [0.3, 0.4) is 0 Å². The summed E-state index contributed by atoms with van der Waals surface area (Å²) in [5, 5.41) is 2.79. The topological polar surface area (TPSA) is 66.0 Å². The molecule has 6 heteroatoms. The monoisotopic (exact) mass is 315 g/mol. The van der Waals surface area contributed by atoms with Crippen molar-refractivity contribution in [2.75, 3.05) is 19.2 Å². The molecular formula is C17H17NO5. The SMILES string of the molecule is COc1ccccc1OC(C)C(=O)Nc1ccc2c(c1)OCO2. The van der Waals surface area contributed by atoms with E-state index in [1.807, 2.05) is 12.1 Å². The second-order valence-electron chi connectivity index (χ2n) is 4.97. The van der Waals surface area contributed by atoms with Gasteiger partial charge in [0.1, 0.15) is 0 Å². The van der Waals surface area contributed by atoms with Crippen LogP contribution in [0.1, 0.15) is 6.92 Å². The summed E-state index contributed by atoms with van der Waals surface area (Å²) < 4.78 is 21.4. The van der Waals surface area contributed by atoms with Crippen LogP contribution in [0.5, 0.6) is 23.0 Å². The second-order valence-corrected chi connectivity index (χ2v) is 4.97. The maximum Gasteiger partial charge on any atom is 0.265 e. The van der Waals surface area contributed by atoms with Gasteiger partial charge in [-0.05, 0) is 31.2 Å². The molecule has 1 heterocycles. The van der Waals surface area contributed by atoms with E-state index < -0.39 is 6.10 Å². The van der Waals surface area contributed by atoms with Gasteiger partial charge in [0.15, 0.2) is 29.1 Å². The van der Waals surface area contributed by atoms with E-state index in [0.717, 1.165) is 0 Å². The summed E-state index contributed by atoms with van der Waals surface area (Å²) in [6, 6.07) is 12.4. The first-order valence-electron chi connectivity index (χ1n) is 7.17. The zero-order chi connectivity index (χ0) is 16.2. The Bertz CT molecular complexity index is 716. The predicted octanol–water partition coefficient (Wildman–Crippen LogP) is 2.83. The number of hydrogen-bond acceptors (Lipinski definition) is 5. The molecule has 0 radical (unpaired) electrons. The van der Waals surface area contributed by atoms with Crippen molar-refractivity contribution in [1.29, 1.82) is 0 Å². The first-order valence-corrected chi connectivity index (χ1v) is 7.17. The Morgan fingerprint density at radius 2 is 1.87 bits per heavy atom. The summed E-state index contributed by atoms with van der Waals surface area (Å²) in [6.07, 6.45) is -0.684. The Labute approximate surface area is 133 Å². The number of methoxy groups -OCH3 is 1. The van der Waals surface area contributed by atoms with Gasteiger partial charge in [0.2, 0.25) is 6.79 Å². The number of hydrogen-bond donors (Lipinski definition) is 1. The van der Waals surface area contributed by atoms with Crippen molar-refractivity contribution >= 4 is 11.6 Å². The number of amides is 1. The van der Waals surface area contributed by atoms with E-state index in [2.05, 4.69) is 5.32 Å². The summed E-state index contributed by atoms with van der Waals surface area (Å²) in [4.78, 5) is 12.3. The Morgan fingerprint density at radius 1 is 1.13 bits per heavy atom. The highest BCUT2D eigenvalue weighted by atomic mass is 16.7. The molecule has 1 aliphatic heterocycles. The zero-order valence-electron chi connectivity index (χ0n) is 12.9. The zero-order valence-corrected chi connectivity index (χ0v) is 12.9. The fourth-order valence-electron chi connectivity index (χ4n) is 2.18. The lowest BCUT2D eigenvalue weighted by Crippen LogP contribution is -2.30. The Hall–Kier alpha value is -2.89. The highest BCUT2D eigenvalue weighted by Crippen LogP contribution is 2.34. The minimum atomic E-state index is -0.684. The number of carbonyl (C=O) groups is 1. The van der Waals surface area contributed by atoms with Gasteiger partial charge in [-0.15, -0.1) is 0 Å². The highest BCUT2D eigenvalue weighted by Gasteiger charge is 2.19. The minimum absolute atomic E-state index is 0.194. The van der Waals surface area contributed by atoms with Gasteiger partial charge in [0, 0.05) is 11.8 Å². The van der Waals surface area contributed by atoms with Crippen molar-refractivity contribution in [2.45, 2.75) is 13.0 Å². The van der Waals surface area contributed by atoms with Crippen molar-refractivity contribution in [3.05, 3.63) is 42.5 Å². The molecule has 0 fully saturated rings. The van der Waals surface area contributed by atoms with E-state index in [0.29, 0.717) is 28.7 Å². The van der Waals surface area contributed by atoms with Crippen molar-refractivity contribution in [3.63, 3.8) is 0 Å². The largest absolute Gasteiger partial charge is 0.493 e. The van der Waals surface area contributed by atoms with Crippen molar-refractivity contribution < 1.29 is 23.7 Å². The van der Waals surface area contributed by atoms with Gasteiger partial charge >= 0.3 is 0 Å². The van der Waals surface area contributed by atoms with Gasteiger partial charge in [-0.25, -0.2) is 0 Å². The van der Waals surface area contributed by atoms with Crippen molar-refractivity contribution in [3.8, 4) is 23.0 Å². The molecule has 0 saturated heterocycles. The molecule has 1 atom stereocenters. The second kappa shape index (κ2) is 6.48. The molecule has 0 aliphatic carbocycles. The van der Waals surface area contributed by atoms with E-state index in [1.54, 1.807) is 44.4 Å². The quantitative estimate of drug-likeness (QED) is 0.919. The number of benzene rings is 2. The minimum Gasteiger partial charge on any atom is -0.493 e. The maximum atomic E-state index is 12.3. The van der Waals surface area contributed by atoms with E-state index >= 15 is 0 Å². The van der Waals surface area contributed by atoms with Crippen LogP contribution in [-0.2, 0) is 4.79 Å². The van der Waals surface area contributed by atoms with E-state index in [1.165, 1.54) is 0 Å². The molecule has 2 aromatic rings. The molecule has 120 valence electrons. The molecule has 0 aromatic heterocycles. The molecule has 23 heavy (non-hydrogen) atoms. The Morgan fingerprint density at radius 3 is 2.65 bits per heavy atom. The molecule has 1 aliphatic rings. The van der Waals surface area contributed by atoms with Gasteiger partial charge in [-0.2, -0.15) is 0 Å². The van der Waals surface area contributed by atoms with E-state index in [9.17, 15) is 4.79 Å². The lowest BCUT2D eigenvalue weighted by atomic mass is 10.2. The van der Waals surface area contributed by atoms with E-state index in [-0.39, 0.29) is 12.7 Å². The smallest absolute Gasteiger partial charge is 0.265 e. The molecule has 3 rings (SSSR count). The average molecular weight is 315 g/mol. The summed E-state index contributed by atoms with van der Waals surface area (Å²) in [5.41, 5.74) is 0.620. The normalized spacial score (nSPS) is 13.3. The summed E-state index contributed by atoms with van der Waals surface area (Å²) in [6.45, 7) is 1.87. The van der Waals surface area contributed by atoms with Gasteiger partial charge in [0.25, 0.3) is 5.91 Å². The average Bonchev–Trinajstić information content (AvgIpc) is 3.03. The highest BCUT2D eigenvalue weighted by molar-refractivity contribution is 5.94. The van der Waals surface area contributed by atoms with Gasteiger partial charge in [0.05, 0.1) is 7.11 Å². The molecule has 2 aromatic carbocycles. The van der Waals surface area contributed by atoms with Crippen LogP contribution >= 0.6 is 0 Å². The molecule has 1 amide bonds. The fraction of sp³-hybridized carbons (Fsp3) is 0.235. The van der Waals surface area contributed by atoms with Crippen LogP contribution in [0.25, 0.3) is 0 Å². The standard InChI is InChI=1S/C17H17NO5/c1-11(23-15-6-4-3-5-13(15)20-2)17(19)18-12-7-8-14-16(9-12)22-10-21-14/h3-9,11H,10H2,1-2H3,(H,18,19). The van der Waals surface area contributed by atoms with Gasteiger partial charge in [-0.1, -0.05) is 12.1 Å². The molecular weight excluding hydrogens is 298 g/mol. The third-order valence-electron chi connectivity index (χ3n) is 3.38. The number of nitrogens with one attached hydrogen (secondary N) is 1. The lowest BCUT2D eigenvalue weighted by Gasteiger charge is -2.16. The van der Waals surface area contributed by atoms with Gasteiger partial charge in [-0.3, -0.25) is 4.79 Å². The van der Waals surface area contributed by atoms with Gasteiger partial charge < -0.3 is 24.3 Å². The molecule has 1 unspecified atom stereocenters. The molecule has 6 nitrogen and oxygen atoms in total. The number of ether oxygens (including phenoxy) is 4. The number of para-hydroxylation sites is 2. The summed E-state index contributed by atoms with van der Waals surface area (Å²) in [5.74, 6) is 2.11. The first-order chi connectivity index (χ1) is 11.2. The number of carbonyl (C=O) groups excluding carboxylic acids is 1. The fourth-order valence-corrected chi connectivity index (χ4v) is 2.18. The molecule has 0 spiro atoms. The van der Waals surface area contributed by atoms with E-state index in [4.69, 9.17) is 18.9 Å². The van der Waals surface area contributed by atoms with Crippen LogP contribution in [0.15, 0.2) is 42.5 Å². The van der Waals surface area contributed by atoms with Crippen LogP contribution in [0.4, 0.5) is 5.69 Å². The first kappa shape index (κ1) is 15.0. The maximum absolute atomic E-state index is 12.3. The Balaban J connectivity index is 1.66. The third-order valence-corrected chi connectivity index (χ3v) is 3.38. The van der Waals surface area contributed by atoms with Crippen molar-refractivity contribution in [1.82, 2.24) is 0 Å². The summed E-state index contributed by atoms with van der Waals surface area (Å²) >= 11 is 0. The van der Waals surface area contributed by atoms with Crippen LogP contribution in [0, 0.1) is 0 Å². The predicted molar refractivity (Wildman–Crippen MR) is 84.3 cm³/mol.